The molecule has 103 heavy (non-hydrogen) atoms. The molecule has 0 spiro atoms. The third-order valence-electron chi connectivity index (χ3n) is 15.5. The van der Waals surface area contributed by atoms with Crippen molar-refractivity contribution in [3.63, 3.8) is 0 Å². The van der Waals surface area contributed by atoms with E-state index < -0.39 is 36.0 Å². The van der Waals surface area contributed by atoms with Gasteiger partial charge in [0.1, 0.15) is 12.1 Å². The van der Waals surface area contributed by atoms with Crippen LogP contribution in [0, 0.1) is 27.7 Å². The molecule has 2 unspecified atom stereocenters. The van der Waals surface area contributed by atoms with Crippen LogP contribution in [0.3, 0.4) is 0 Å². The van der Waals surface area contributed by atoms with Crippen molar-refractivity contribution in [1.29, 1.82) is 0 Å². The van der Waals surface area contributed by atoms with E-state index in [-0.39, 0.29) is 150 Å². The number of amides is 11. The Kier molecular flexibility index (Phi) is 45.8. The van der Waals surface area contributed by atoms with Gasteiger partial charge in [-0.1, -0.05) is 119 Å². The van der Waals surface area contributed by atoms with Gasteiger partial charge in [0.25, 0.3) is 0 Å². The average molecular weight is 1440 g/mol. The van der Waals surface area contributed by atoms with Crippen LogP contribution in [0.4, 0.5) is 0 Å². The Labute approximate surface area is 605 Å². The first kappa shape index (κ1) is 88.0. The van der Waals surface area contributed by atoms with Gasteiger partial charge < -0.3 is 94.6 Å². The summed E-state index contributed by atoms with van der Waals surface area (Å²) < 4.78 is 21.7. The molecular weight excluding hydrogens is 1320 g/mol. The fourth-order valence-corrected chi connectivity index (χ4v) is 9.76. The Morgan fingerprint density at radius 2 is 0.553 bits per heavy atom. The molecule has 0 radical (unpaired) electrons. The van der Waals surface area contributed by atoms with Crippen molar-refractivity contribution in [3.05, 3.63) is 142 Å². The molecule has 4 rings (SSSR count). The van der Waals surface area contributed by atoms with Crippen molar-refractivity contribution < 1.29 is 71.7 Å². The smallest absolute Gasteiger partial charge is 0.243 e. The minimum Gasteiger partial charge on any atom is -0.377 e. The molecule has 29 heteroatoms. The van der Waals surface area contributed by atoms with E-state index in [0.717, 1.165) is 44.5 Å². The first-order valence-corrected chi connectivity index (χ1v) is 35.3. The van der Waals surface area contributed by atoms with E-state index in [9.17, 15) is 52.7 Å². The zero-order valence-corrected chi connectivity index (χ0v) is 60.6. The summed E-state index contributed by atoms with van der Waals surface area (Å²) in [5.74, 6) is -3.30. The Morgan fingerprint density at radius 3 is 0.806 bits per heavy atom. The molecule has 0 fully saturated rings. The summed E-state index contributed by atoms with van der Waals surface area (Å²) in [6.45, 7) is 14.9. The van der Waals surface area contributed by atoms with Gasteiger partial charge in [0.05, 0.1) is 64.9 Å². The molecule has 0 aliphatic carbocycles. The van der Waals surface area contributed by atoms with Crippen LogP contribution in [0.15, 0.2) is 97.1 Å². The van der Waals surface area contributed by atoms with Crippen LogP contribution in [0.1, 0.15) is 141 Å². The van der Waals surface area contributed by atoms with Crippen molar-refractivity contribution in [3.8, 4) is 0 Å². The van der Waals surface area contributed by atoms with Crippen LogP contribution in [0.2, 0.25) is 0 Å². The summed E-state index contributed by atoms with van der Waals surface area (Å²) in [4.78, 5) is 135. The SMILES string of the molecule is CC(=O)NCCCC(NC(=O)CCC(=O)NCCOCCOCCNC(=O)CCC(=O)NCCN)C(=O)NC(c1ccc(C)cc1)c1ccc(C)cc1.Cc1ccc(C(NC(=O)C(CCCN)NC(=O)CCC(=O)NCCOCCOCCNC(=O)CCC(=O)NCCN)c2ccc(C)cc2)cc1. The predicted octanol–water partition coefficient (Wildman–Crippen LogP) is 1.44. The number of benzene rings is 4. The number of nitrogens with one attached hydrogen (secondary N) is 11. The molecule has 11 amide bonds. The zero-order chi connectivity index (χ0) is 75.4. The highest BCUT2D eigenvalue weighted by atomic mass is 16.5. The maximum atomic E-state index is 13.7. The molecule has 0 saturated carbocycles. The number of carbonyl (C=O) groups is 11. The molecular formula is C74H112N14O15. The second kappa shape index (κ2) is 53.6. The summed E-state index contributed by atoms with van der Waals surface area (Å²) in [6, 6.07) is 29.1. The molecule has 29 nitrogen and oxygen atoms in total. The van der Waals surface area contributed by atoms with Gasteiger partial charge in [0.15, 0.2) is 0 Å². The maximum absolute atomic E-state index is 13.7. The normalized spacial score (nSPS) is 11.4. The minimum atomic E-state index is -0.885. The maximum Gasteiger partial charge on any atom is 0.243 e. The lowest BCUT2D eigenvalue weighted by Crippen LogP contribution is -2.48. The van der Waals surface area contributed by atoms with Crippen LogP contribution in [-0.2, 0) is 71.7 Å². The van der Waals surface area contributed by atoms with Crippen molar-refractivity contribution in [2.45, 2.75) is 136 Å². The Bertz CT molecular complexity index is 3090. The standard InChI is InChI=1S/C38H57N7O8.C36H55N7O7/c1-27-6-10-30(11-7-27)37(31-12-8-28(2)9-13-31)45-38(51)32(5-4-19-40-29(3)46)44-36(50)17-16-35(49)43-22-24-53-26-25-52-23-21-42-34(48)15-14-33(47)41-20-18-39;1-26-5-9-28(10-6-26)35(29-11-7-27(2)8-12-29)43-36(48)30(4-3-17-37)42-34(47)16-15-33(46)41-21-23-50-25-24-49-22-20-40-32(45)14-13-31(44)39-19-18-38/h6-13,32,37H,4-5,14-26,39H2,1-3H3,(H,40,46)(H,41,47)(H,42,48)(H,43,49)(H,44,50)(H,45,51);5-12,30,35H,3-4,13-25,37-38H2,1-2H3,(H,39,44)(H,40,45)(H,41,46)(H,42,47)(H,43,48). The number of nitrogens with two attached hydrogens (primary N) is 3. The van der Waals surface area contributed by atoms with E-state index in [1.807, 2.05) is 125 Å². The predicted molar refractivity (Wildman–Crippen MR) is 391 cm³/mol. The number of aryl methyl sites for hydroxylation is 4. The fourth-order valence-electron chi connectivity index (χ4n) is 9.76. The monoisotopic (exact) mass is 1440 g/mol. The third-order valence-corrected chi connectivity index (χ3v) is 15.5. The summed E-state index contributed by atoms with van der Waals surface area (Å²) in [6.07, 6.45) is 1.69. The Morgan fingerprint density at radius 1 is 0.301 bits per heavy atom. The summed E-state index contributed by atoms with van der Waals surface area (Å²) >= 11 is 0. The topological polar surface area (TPSA) is 435 Å². The van der Waals surface area contributed by atoms with E-state index in [0.29, 0.717) is 98.0 Å². The van der Waals surface area contributed by atoms with Gasteiger partial charge in [-0.05, 0) is 82.2 Å². The van der Waals surface area contributed by atoms with Gasteiger partial charge >= 0.3 is 0 Å². The largest absolute Gasteiger partial charge is 0.377 e. The molecule has 0 aliphatic heterocycles. The van der Waals surface area contributed by atoms with Gasteiger partial charge in [-0.25, -0.2) is 0 Å². The highest BCUT2D eigenvalue weighted by molar-refractivity contribution is 5.91. The van der Waals surface area contributed by atoms with Gasteiger partial charge in [-0.2, -0.15) is 0 Å². The van der Waals surface area contributed by atoms with Crippen LogP contribution >= 0.6 is 0 Å². The van der Waals surface area contributed by atoms with Crippen molar-refractivity contribution in [2.24, 2.45) is 17.2 Å². The summed E-state index contributed by atoms with van der Waals surface area (Å²) in [5.41, 5.74) is 24.4. The van der Waals surface area contributed by atoms with Crippen molar-refractivity contribution in [1.82, 2.24) is 58.5 Å². The Balaban J connectivity index is 0.000000536. The zero-order valence-electron chi connectivity index (χ0n) is 60.6. The van der Waals surface area contributed by atoms with E-state index in [4.69, 9.17) is 36.1 Å². The van der Waals surface area contributed by atoms with E-state index in [1.165, 1.54) is 6.92 Å². The third kappa shape index (κ3) is 41.5. The molecule has 0 heterocycles. The molecule has 4 aromatic carbocycles. The fraction of sp³-hybridized carbons (Fsp3) is 0.527. The molecule has 17 N–H and O–H groups in total. The molecule has 2 atom stereocenters. The summed E-state index contributed by atoms with van der Waals surface area (Å²) in [5, 5.41) is 30.5. The lowest BCUT2D eigenvalue weighted by atomic mass is 9.96. The second-order valence-corrected chi connectivity index (χ2v) is 24.4. The van der Waals surface area contributed by atoms with Crippen LogP contribution < -0.4 is 75.7 Å². The van der Waals surface area contributed by atoms with Crippen molar-refractivity contribution >= 4 is 65.0 Å². The Hall–Kier alpha value is -9.23. The average Bonchev–Trinajstić information content (AvgIpc) is 0.835. The van der Waals surface area contributed by atoms with E-state index in [2.05, 4.69) is 58.5 Å². The number of rotatable bonds is 51. The number of carbonyl (C=O) groups excluding carboxylic acids is 11. The molecule has 568 valence electrons. The first-order chi connectivity index (χ1) is 49.6. The number of hydrogen-bond acceptors (Lipinski definition) is 18. The van der Waals surface area contributed by atoms with Gasteiger partial charge in [0.2, 0.25) is 65.0 Å². The highest BCUT2D eigenvalue weighted by Gasteiger charge is 2.27. The van der Waals surface area contributed by atoms with Crippen LogP contribution in [-0.4, -0.2) is 195 Å². The van der Waals surface area contributed by atoms with E-state index in [1.54, 1.807) is 0 Å². The molecule has 0 aliphatic rings. The van der Waals surface area contributed by atoms with Crippen molar-refractivity contribution in [2.75, 3.05) is 118 Å². The second-order valence-electron chi connectivity index (χ2n) is 24.4. The van der Waals surface area contributed by atoms with Gasteiger partial charge in [-0.15, -0.1) is 0 Å². The first-order valence-electron chi connectivity index (χ1n) is 35.3. The quantitative estimate of drug-likeness (QED) is 0.0278. The summed E-state index contributed by atoms with van der Waals surface area (Å²) in [7, 11) is 0. The minimum absolute atomic E-state index is 0.0420. The molecule has 0 bridgehead atoms. The molecule has 4 aromatic rings. The molecule has 0 saturated heterocycles. The van der Waals surface area contributed by atoms with Gasteiger partial charge in [-0.3, -0.25) is 52.7 Å². The number of hydrogen-bond donors (Lipinski definition) is 14. The lowest BCUT2D eigenvalue weighted by molar-refractivity contribution is -0.130. The van der Waals surface area contributed by atoms with Gasteiger partial charge in [0, 0.05) is 117 Å². The van der Waals surface area contributed by atoms with E-state index >= 15 is 0 Å². The van der Waals surface area contributed by atoms with Crippen LogP contribution in [0.25, 0.3) is 0 Å². The van der Waals surface area contributed by atoms with Crippen LogP contribution in [0.5, 0.6) is 0 Å². The highest BCUT2D eigenvalue weighted by Crippen LogP contribution is 2.25. The number of ether oxygens (including phenoxy) is 4. The lowest BCUT2D eigenvalue weighted by Gasteiger charge is -2.25. The molecule has 0 aromatic heterocycles.